The lowest BCUT2D eigenvalue weighted by Crippen LogP contribution is -2.15. The van der Waals surface area contributed by atoms with Gasteiger partial charge in [0, 0.05) is 4.90 Å². The van der Waals surface area contributed by atoms with Crippen LogP contribution in [0.5, 0.6) is 0 Å². The van der Waals surface area contributed by atoms with Gasteiger partial charge < -0.3 is 15.4 Å². The van der Waals surface area contributed by atoms with Gasteiger partial charge in [0.1, 0.15) is 0 Å². The van der Waals surface area contributed by atoms with E-state index in [4.69, 9.17) is 15.4 Å². The summed E-state index contributed by atoms with van der Waals surface area (Å²) >= 11 is 1.61. The zero-order chi connectivity index (χ0) is 12.3. The molecule has 2 aromatic rings. The molecule has 0 bridgehead atoms. The second-order valence-corrected chi connectivity index (χ2v) is 4.30. The fraction of sp³-hybridized carbons (Fsp3) is 0.273. The number of rotatable bonds is 4. The third-order valence-corrected chi connectivity index (χ3v) is 3.10. The van der Waals surface area contributed by atoms with Crippen LogP contribution in [0.2, 0.25) is 0 Å². The van der Waals surface area contributed by atoms with Crippen molar-refractivity contribution in [3.63, 3.8) is 0 Å². The van der Waals surface area contributed by atoms with E-state index >= 15 is 0 Å². The van der Waals surface area contributed by atoms with Crippen molar-refractivity contribution in [1.29, 1.82) is 0 Å². The van der Waals surface area contributed by atoms with Gasteiger partial charge >= 0.3 is 0 Å². The lowest BCUT2D eigenvalue weighted by atomic mass is 10.2. The Bertz CT molecular complexity index is 501. The second kappa shape index (κ2) is 5.31. The first-order valence-electron chi connectivity index (χ1n) is 5.09. The summed E-state index contributed by atoms with van der Waals surface area (Å²) in [5.74, 6) is 0.743. The Morgan fingerprint density at radius 3 is 2.94 bits per heavy atom. The normalized spacial score (nSPS) is 12.6. The predicted molar refractivity (Wildman–Crippen MR) is 65.5 cm³/mol. The van der Waals surface area contributed by atoms with Crippen LogP contribution in [0.4, 0.5) is 0 Å². The molecule has 5 nitrogen and oxygen atoms in total. The lowest BCUT2D eigenvalue weighted by Gasteiger charge is -2.01. The van der Waals surface area contributed by atoms with Crippen molar-refractivity contribution in [2.24, 2.45) is 5.73 Å². The van der Waals surface area contributed by atoms with Crippen molar-refractivity contribution >= 4 is 11.8 Å². The van der Waals surface area contributed by atoms with E-state index in [1.54, 1.807) is 11.8 Å². The Labute approximate surface area is 103 Å². The highest BCUT2D eigenvalue weighted by Gasteiger charge is 2.16. The third kappa shape index (κ3) is 2.49. The molecule has 1 aromatic carbocycles. The standard InChI is InChI=1S/C11H13N3O2S/c1-17-9-5-3-2-4-7(9)11-13-10(14-16-11)8(12)6-15/h2-5,8,15H,6,12H2,1H3. The Balaban J connectivity index is 2.37. The van der Waals surface area contributed by atoms with E-state index in [0.717, 1.165) is 10.5 Å². The number of aromatic nitrogens is 2. The molecule has 0 aliphatic heterocycles. The third-order valence-electron chi connectivity index (χ3n) is 2.31. The maximum absolute atomic E-state index is 8.92. The van der Waals surface area contributed by atoms with E-state index < -0.39 is 6.04 Å². The summed E-state index contributed by atoms with van der Waals surface area (Å²) in [6, 6.07) is 7.15. The van der Waals surface area contributed by atoms with Crippen LogP contribution in [0, 0.1) is 0 Å². The van der Waals surface area contributed by atoms with Crippen molar-refractivity contribution in [3.05, 3.63) is 30.1 Å². The smallest absolute Gasteiger partial charge is 0.259 e. The maximum atomic E-state index is 8.92. The molecular weight excluding hydrogens is 238 g/mol. The number of hydrogen-bond donors (Lipinski definition) is 2. The zero-order valence-electron chi connectivity index (χ0n) is 9.33. The van der Waals surface area contributed by atoms with Crippen LogP contribution in [-0.2, 0) is 0 Å². The van der Waals surface area contributed by atoms with Gasteiger partial charge in [-0.15, -0.1) is 11.8 Å². The Morgan fingerprint density at radius 2 is 2.24 bits per heavy atom. The van der Waals surface area contributed by atoms with Gasteiger partial charge in [-0.1, -0.05) is 17.3 Å². The highest BCUT2D eigenvalue weighted by molar-refractivity contribution is 7.98. The van der Waals surface area contributed by atoms with Crippen LogP contribution in [-0.4, -0.2) is 28.1 Å². The van der Waals surface area contributed by atoms with Crippen molar-refractivity contribution in [1.82, 2.24) is 10.1 Å². The van der Waals surface area contributed by atoms with E-state index in [9.17, 15) is 0 Å². The van der Waals surface area contributed by atoms with Crippen LogP contribution in [0.25, 0.3) is 11.5 Å². The van der Waals surface area contributed by atoms with Gasteiger partial charge in [-0.2, -0.15) is 4.98 Å². The summed E-state index contributed by atoms with van der Waals surface area (Å²) in [5.41, 5.74) is 6.49. The van der Waals surface area contributed by atoms with E-state index in [1.807, 2.05) is 30.5 Å². The number of aliphatic hydroxyl groups is 1. The van der Waals surface area contributed by atoms with E-state index in [1.165, 1.54) is 0 Å². The Kier molecular flexibility index (Phi) is 3.78. The molecular formula is C11H13N3O2S. The minimum Gasteiger partial charge on any atom is -0.394 e. The van der Waals surface area contributed by atoms with Gasteiger partial charge in [-0.3, -0.25) is 0 Å². The highest BCUT2D eigenvalue weighted by atomic mass is 32.2. The van der Waals surface area contributed by atoms with Crippen molar-refractivity contribution in [2.75, 3.05) is 12.9 Å². The van der Waals surface area contributed by atoms with Crippen LogP contribution in [0.1, 0.15) is 11.9 Å². The molecule has 0 radical (unpaired) electrons. The summed E-state index contributed by atoms with van der Waals surface area (Å²) < 4.78 is 5.15. The quantitative estimate of drug-likeness (QED) is 0.800. The molecule has 0 fully saturated rings. The molecule has 1 atom stereocenters. The highest BCUT2D eigenvalue weighted by Crippen LogP contribution is 2.28. The first-order valence-corrected chi connectivity index (χ1v) is 6.32. The molecule has 90 valence electrons. The van der Waals surface area contributed by atoms with Crippen LogP contribution >= 0.6 is 11.8 Å². The molecule has 0 aliphatic carbocycles. The fourth-order valence-electron chi connectivity index (χ4n) is 1.40. The average molecular weight is 251 g/mol. The van der Waals surface area contributed by atoms with Crippen LogP contribution in [0.15, 0.2) is 33.7 Å². The first kappa shape index (κ1) is 12.1. The number of benzene rings is 1. The average Bonchev–Trinajstić information content (AvgIpc) is 2.87. The van der Waals surface area contributed by atoms with Crippen LogP contribution < -0.4 is 5.73 Å². The van der Waals surface area contributed by atoms with E-state index in [2.05, 4.69) is 10.1 Å². The number of nitrogens with zero attached hydrogens (tertiary/aromatic N) is 2. The molecule has 1 unspecified atom stereocenters. The summed E-state index contributed by atoms with van der Waals surface area (Å²) in [6.45, 7) is -0.205. The molecule has 1 heterocycles. The Morgan fingerprint density at radius 1 is 1.47 bits per heavy atom. The molecule has 0 saturated heterocycles. The maximum Gasteiger partial charge on any atom is 0.259 e. The number of hydrogen-bond acceptors (Lipinski definition) is 6. The van der Waals surface area contributed by atoms with E-state index in [0.29, 0.717) is 11.7 Å². The Hall–Kier alpha value is -1.37. The van der Waals surface area contributed by atoms with E-state index in [-0.39, 0.29) is 6.61 Å². The molecule has 0 saturated carbocycles. The van der Waals surface area contributed by atoms with Crippen LogP contribution in [0.3, 0.4) is 0 Å². The molecule has 17 heavy (non-hydrogen) atoms. The topological polar surface area (TPSA) is 85.2 Å². The molecule has 0 amide bonds. The van der Waals surface area contributed by atoms with Gasteiger partial charge in [0.25, 0.3) is 5.89 Å². The van der Waals surface area contributed by atoms with Crippen molar-refractivity contribution < 1.29 is 9.63 Å². The summed E-state index contributed by atoms with van der Waals surface area (Å²) in [6.07, 6.45) is 1.98. The SMILES string of the molecule is CSc1ccccc1-c1nc(C(N)CO)no1. The molecule has 3 N–H and O–H groups in total. The van der Waals surface area contributed by atoms with Gasteiger partial charge in [0.15, 0.2) is 5.82 Å². The lowest BCUT2D eigenvalue weighted by molar-refractivity contribution is 0.260. The zero-order valence-corrected chi connectivity index (χ0v) is 10.1. The van der Waals surface area contributed by atoms with Crippen molar-refractivity contribution in [3.8, 4) is 11.5 Å². The largest absolute Gasteiger partial charge is 0.394 e. The minimum absolute atomic E-state index is 0.205. The molecule has 1 aromatic heterocycles. The summed E-state index contributed by atoms with van der Waals surface area (Å²) in [7, 11) is 0. The minimum atomic E-state index is -0.603. The number of thioether (sulfide) groups is 1. The first-order chi connectivity index (χ1) is 8.26. The molecule has 6 heteroatoms. The monoisotopic (exact) mass is 251 g/mol. The second-order valence-electron chi connectivity index (χ2n) is 3.45. The van der Waals surface area contributed by atoms with Crippen molar-refractivity contribution in [2.45, 2.75) is 10.9 Å². The molecule has 0 spiro atoms. The molecule has 2 rings (SSSR count). The predicted octanol–water partition coefficient (Wildman–Crippen LogP) is 1.45. The van der Waals surface area contributed by atoms with Gasteiger partial charge in [-0.05, 0) is 18.4 Å². The number of nitrogens with two attached hydrogens (primary N) is 1. The molecule has 0 aliphatic rings. The summed E-state index contributed by atoms with van der Waals surface area (Å²) in [5, 5.41) is 12.7. The summed E-state index contributed by atoms with van der Waals surface area (Å²) in [4.78, 5) is 5.24. The fourth-order valence-corrected chi connectivity index (χ4v) is 1.99. The number of aliphatic hydroxyl groups excluding tert-OH is 1. The van der Waals surface area contributed by atoms with Gasteiger partial charge in [0.2, 0.25) is 0 Å². The van der Waals surface area contributed by atoms with Gasteiger partial charge in [-0.25, -0.2) is 0 Å². The van der Waals surface area contributed by atoms with Gasteiger partial charge in [0.05, 0.1) is 18.2 Å².